The maximum absolute atomic E-state index is 13.2. The Morgan fingerprint density at radius 2 is 1.95 bits per heavy atom. The molecule has 0 atom stereocenters. The Hall–Kier alpha value is -1.27. The Bertz CT molecular complexity index is 582. The Balaban J connectivity index is 2.33. The van der Waals surface area contributed by atoms with Crippen LogP contribution in [0.15, 0.2) is 18.2 Å². The van der Waals surface area contributed by atoms with Crippen LogP contribution in [0.2, 0.25) is 13.1 Å². The highest BCUT2D eigenvalue weighted by Gasteiger charge is 2.55. The maximum Gasteiger partial charge on any atom is 0.342 e. The zero-order valence-electron chi connectivity index (χ0n) is 13.7. The molecule has 1 aliphatic heterocycles. The second-order valence-electron chi connectivity index (χ2n) is 7.06. The van der Waals surface area contributed by atoms with Crippen LogP contribution in [0, 0.1) is 0 Å². The van der Waals surface area contributed by atoms with E-state index in [1.165, 1.54) is 4.90 Å². The highest BCUT2D eigenvalue weighted by atomic mass is 28.3. The summed E-state index contributed by atoms with van der Waals surface area (Å²) in [6.45, 7) is 10.2. The van der Waals surface area contributed by atoms with Crippen LogP contribution in [0.25, 0.3) is 0 Å². The Morgan fingerprint density at radius 1 is 1.32 bits per heavy atom. The van der Waals surface area contributed by atoms with Crippen LogP contribution >= 0.6 is 0 Å². The lowest BCUT2D eigenvalue weighted by molar-refractivity contribution is -0.152. The van der Waals surface area contributed by atoms with E-state index >= 15 is 0 Å². The predicted octanol–water partition coefficient (Wildman–Crippen LogP) is 3.47. The zero-order chi connectivity index (χ0) is 16.7. The first-order valence-corrected chi connectivity index (χ1v) is 10.3. The van der Waals surface area contributed by atoms with Crippen molar-refractivity contribution in [3.63, 3.8) is 0 Å². The number of amides is 1. The van der Waals surface area contributed by atoms with Gasteiger partial charge in [-0.05, 0) is 35.7 Å². The van der Waals surface area contributed by atoms with E-state index in [1.807, 2.05) is 32.9 Å². The highest BCUT2D eigenvalue weighted by Crippen LogP contribution is 2.39. The molecular formula is C16H23F2NO2Si. The second kappa shape index (κ2) is 5.74. The number of nitrogens with zero attached hydrogens (tertiary/aromatic N) is 1. The molecule has 0 aromatic heterocycles. The van der Waals surface area contributed by atoms with Crippen molar-refractivity contribution >= 4 is 20.6 Å². The molecule has 6 heteroatoms. The molecule has 0 bridgehead atoms. The van der Waals surface area contributed by atoms with Gasteiger partial charge in [-0.1, -0.05) is 32.9 Å². The predicted molar refractivity (Wildman–Crippen MR) is 86.1 cm³/mol. The smallest absolute Gasteiger partial charge is 0.342 e. The highest BCUT2D eigenvalue weighted by molar-refractivity contribution is 6.48. The van der Waals surface area contributed by atoms with Gasteiger partial charge in [-0.3, -0.25) is 4.79 Å². The largest absolute Gasteiger partial charge is 0.416 e. The van der Waals surface area contributed by atoms with Gasteiger partial charge in [-0.2, -0.15) is 8.78 Å². The van der Waals surface area contributed by atoms with Gasteiger partial charge in [0, 0.05) is 5.69 Å². The second-order valence-corrected chi connectivity index (χ2v) is 9.49. The van der Waals surface area contributed by atoms with E-state index in [0.29, 0.717) is 12.3 Å². The molecule has 0 unspecified atom stereocenters. The third-order valence-electron chi connectivity index (χ3n) is 3.66. The number of halogens is 2. The minimum atomic E-state index is -3.22. The van der Waals surface area contributed by atoms with E-state index in [1.54, 1.807) is 6.07 Å². The van der Waals surface area contributed by atoms with Crippen molar-refractivity contribution in [2.45, 2.75) is 51.8 Å². The number of hydrogen-bond acceptors (Lipinski definition) is 2. The number of carbonyl (C=O) groups excluding carboxylic acids is 1. The van der Waals surface area contributed by atoms with Gasteiger partial charge in [0.2, 0.25) is 0 Å². The van der Waals surface area contributed by atoms with Crippen molar-refractivity contribution < 1.29 is 18.0 Å². The molecule has 0 radical (unpaired) electrons. The summed E-state index contributed by atoms with van der Waals surface area (Å²) in [5, 5.41) is 0. The van der Waals surface area contributed by atoms with E-state index in [9.17, 15) is 13.6 Å². The molecular weight excluding hydrogens is 304 g/mol. The molecule has 1 aliphatic rings. The first-order valence-electron chi connectivity index (χ1n) is 7.47. The number of alkyl halides is 2. The van der Waals surface area contributed by atoms with E-state index in [-0.39, 0.29) is 5.41 Å². The van der Waals surface area contributed by atoms with Crippen molar-refractivity contribution in [1.29, 1.82) is 0 Å². The van der Waals surface area contributed by atoms with Crippen LogP contribution in [-0.2, 0) is 21.2 Å². The summed E-state index contributed by atoms with van der Waals surface area (Å²) in [7, 11) is -1.12. The molecule has 1 saturated heterocycles. The van der Waals surface area contributed by atoms with Gasteiger partial charge in [0.05, 0.1) is 13.2 Å². The Kier molecular flexibility index (Phi) is 4.46. The standard InChI is InChI=1S/C16H23F2NO2Si/c1-15(2,3)12-8-11(9-21-22(4)5)6-7-13(12)19-10-16(17,18)14(19)20/h6-8,22H,9-10H2,1-5H3. The van der Waals surface area contributed by atoms with Crippen LogP contribution in [0.1, 0.15) is 31.9 Å². The van der Waals surface area contributed by atoms with E-state index < -0.39 is 27.4 Å². The lowest BCUT2D eigenvalue weighted by Crippen LogP contribution is -2.62. The fourth-order valence-corrected chi connectivity index (χ4v) is 2.94. The number of carbonyl (C=O) groups is 1. The fourth-order valence-electron chi connectivity index (χ4n) is 2.41. The molecule has 1 heterocycles. The Morgan fingerprint density at radius 3 is 2.41 bits per heavy atom. The molecule has 3 nitrogen and oxygen atoms in total. The molecule has 0 N–H and O–H groups in total. The van der Waals surface area contributed by atoms with Crippen LogP contribution in [0.4, 0.5) is 14.5 Å². The summed E-state index contributed by atoms with van der Waals surface area (Å²) in [4.78, 5) is 12.8. The quantitative estimate of drug-likeness (QED) is 0.626. The van der Waals surface area contributed by atoms with E-state index in [4.69, 9.17) is 4.43 Å². The number of hydrogen-bond donors (Lipinski definition) is 0. The third-order valence-corrected chi connectivity index (χ3v) is 4.49. The molecule has 2 rings (SSSR count). The van der Waals surface area contributed by atoms with Crippen molar-refractivity contribution in [2.24, 2.45) is 0 Å². The van der Waals surface area contributed by atoms with Crippen molar-refractivity contribution in [1.82, 2.24) is 0 Å². The maximum atomic E-state index is 13.2. The van der Waals surface area contributed by atoms with Crippen LogP contribution in [-0.4, -0.2) is 27.4 Å². The molecule has 1 aromatic rings. The molecule has 122 valence electrons. The normalized spacial score (nSPS) is 17.8. The summed E-state index contributed by atoms with van der Waals surface area (Å²) in [6, 6.07) is 5.58. The topological polar surface area (TPSA) is 29.5 Å². The molecule has 1 aromatic carbocycles. The number of rotatable bonds is 4. The van der Waals surface area contributed by atoms with Gasteiger partial charge in [0.15, 0.2) is 9.04 Å². The van der Waals surface area contributed by atoms with Crippen molar-refractivity contribution in [2.75, 3.05) is 11.4 Å². The summed E-state index contributed by atoms with van der Waals surface area (Å²) >= 11 is 0. The average Bonchev–Trinajstić information content (AvgIpc) is 2.41. The van der Waals surface area contributed by atoms with Gasteiger partial charge in [-0.15, -0.1) is 0 Å². The van der Waals surface area contributed by atoms with Crippen molar-refractivity contribution in [3.05, 3.63) is 29.3 Å². The molecule has 22 heavy (non-hydrogen) atoms. The first-order chi connectivity index (χ1) is 10.0. The molecule has 0 aliphatic carbocycles. The minimum absolute atomic E-state index is 0.244. The lowest BCUT2D eigenvalue weighted by atomic mass is 9.83. The monoisotopic (exact) mass is 327 g/mol. The molecule has 0 saturated carbocycles. The summed E-state index contributed by atoms with van der Waals surface area (Å²) in [6.07, 6.45) is 0. The fraction of sp³-hybridized carbons (Fsp3) is 0.562. The van der Waals surface area contributed by atoms with E-state index in [2.05, 4.69) is 13.1 Å². The van der Waals surface area contributed by atoms with Crippen LogP contribution < -0.4 is 4.90 Å². The molecule has 0 spiro atoms. The van der Waals surface area contributed by atoms with Crippen LogP contribution in [0.5, 0.6) is 0 Å². The van der Waals surface area contributed by atoms with Gasteiger partial charge in [0.1, 0.15) is 0 Å². The summed E-state index contributed by atoms with van der Waals surface area (Å²) in [5.41, 5.74) is 2.23. The number of β-lactam (4-membered cyclic amide) rings is 1. The lowest BCUT2D eigenvalue weighted by Gasteiger charge is -2.40. The molecule has 1 fully saturated rings. The number of anilines is 1. The Labute approximate surface area is 132 Å². The van der Waals surface area contributed by atoms with Crippen molar-refractivity contribution in [3.8, 4) is 0 Å². The van der Waals surface area contributed by atoms with Crippen LogP contribution in [0.3, 0.4) is 0 Å². The van der Waals surface area contributed by atoms with Gasteiger partial charge >= 0.3 is 5.92 Å². The first kappa shape index (κ1) is 17.1. The minimum Gasteiger partial charge on any atom is -0.416 e. The zero-order valence-corrected chi connectivity index (χ0v) is 14.9. The average molecular weight is 327 g/mol. The SMILES string of the molecule is C[SiH](C)OCc1ccc(N2CC(F)(F)C2=O)c(C(C)(C)C)c1. The summed E-state index contributed by atoms with van der Waals surface area (Å²) in [5.74, 6) is -4.34. The number of benzene rings is 1. The van der Waals surface area contributed by atoms with Gasteiger partial charge in [-0.25, -0.2) is 0 Å². The summed E-state index contributed by atoms with van der Waals surface area (Å²) < 4.78 is 32.1. The van der Waals surface area contributed by atoms with E-state index in [0.717, 1.165) is 11.1 Å². The third kappa shape index (κ3) is 3.38. The van der Waals surface area contributed by atoms with Gasteiger partial charge < -0.3 is 9.33 Å². The molecule has 1 amide bonds. The van der Waals surface area contributed by atoms with Gasteiger partial charge in [0.25, 0.3) is 5.91 Å².